The van der Waals surface area contributed by atoms with Gasteiger partial charge in [0.25, 0.3) is 0 Å². The third-order valence-corrected chi connectivity index (χ3v) is 4.40. The Balaban J connectivity index is 2.56. The lowest BCUT2D eigenvalue weighted by Crippen LogP contribution is -2.14. The summed E-state index contributed by atoms with van der Waals surface area (Å²) in [5, 5.41) is 12.4. The molecular formula is C13H16N2O5S2. The van der Waals surface area contributed by atoms with Gasteiger partial charge < -0.3 is 5.11 Å². The monoisotopic (exact) mass is 344 g/mol. The first kappa shape index (κ1) is 16.7. The Hall–Kier alpha value is -1.68. The second kappa shape index (κ2) is 6.21. The van der Waals surface area contributed by atoms with Gasteiger partial charge >= 0.3 is 0 Å². The minimum absolute atomic E-state index is 0.109. The molecule has 0 saturated heterocycles. The summed E-state index contributed by atoms with van der Waals surface area (Å²) in [6.07, 6.45) is 1.04. The van der Waals surface area contributed by atoms with E-state index < -0.39 is 21.1 Å². The fraction of sp³-hybridized carbons (Fsp3) is 0.231. The first-order valence-corrected chi connectivity index (χ1v) is 9.15. The summed E-state index contributed by atoms with van der Waals surface area (Å²) >= 11 is -1.87. The van der Waals surface area contributed by atoms with E-state index in [4.69, 9.17) is 4.28 Å². The van der Waals surface area contributed by atoms with Crippen molar-refractivity contribution in [2.45, 2.75) is 4.90 Å². The molecule has 2 rings (SSSR count). The third-order valence-electron chi connectivity index (χ3n) is 2.69. The average molecular weight is 344 g/mol. The molecule has 0 fully saturated rings. The predicted octanol–water partition coefficient (Wildman–Crippen LogP) is 1.43. The van der Waals surface area contributed by atoms with Gasteiger partial charge in [-0.2, -0.15) is 9.35 Å². The van der Waals surface area contributed by atoms with Crippen molar-refractivity contribution < 1.29 is 22.0 Å². The molecule has 7 nitrogen and oxygen atoms in total. The number of nitrogens with zero attached hydrogens (tertiary/aromatic N) is 1. The number of nitrogens with one attached hydrogen (secondary N) is 1. The predicted molar refractivity (Wildman–Crippen MR) is 85.3 cm³/mol. The van der Waals surface area contributed by atoms with E-state index >= 15 is 0 Å². The molecule has 2 N–H and O–H groups in total. The summed E-state index contributed by atoms with van der Waals surface area (Å²) in [4.78, 5) is 0.109. The largest absolute Gasteiger partial charge is 0.506 e. The summed E-state index contributed by atoms with van der Waals surface area (Å²) < 4.78 is 42.2. The van der Waals surface area contributed by atoms with E-state index in [0.29, 0.717) is 16.5 Å². The van der Waals surface area contributed by atoms with Crippen LogP contribution in [-0.2, 0) is 25.4 Å². The molecule has 0 aliphatic rings. The van der Waals surface area contributed by atoms with Crippen LogP contribution in [0.5, 0.6) is 5.75 Å². The molecule has 0 aliphatic heterocycles. The van der Waals surface area contributed by atoms with Crippen molar-refractivity contribution in [2.75, 3.05) is 25.1 Å². The van der Waals surface area contributed by atoms with Crippen molar-refractivity contribution in [3.05, 3.63) is 30.3 Å². The van der Waals surface area contributed by atoms with Gasteiger partial charge in [-0.25, -0.2) is 12.6 Å². The molecule has 0 amide bonds. The number of aromatic hydroxyl groups is 1. The summed E-state index contributed by atoms with van der Waals surface area (Å²) in [6.45, 7) is 0. The van der Waals surface area contributed by atoms with E-state index in [2.05, 4.69) is 4.72 Å². The van der Waals surface area contributed by atoms with Crippen LogP contribution in [0.1, 0.15) is 0 Å². The molecule has 9 heteroatoms. The normalized spacial score (nSPS) is 13.5. The topological polar surface area (TPSA) is 95.9 Å². The molecule has 0 spiro atoms. The Morgan fingerprint density at radius 1 is 1.18 bits per heavy atom. The Morgan fingerprint density at radius 3 is 2.45 bits per heavy atom. The Kier molecular flexibility index (Phi) is 4.71. The highest BCUT2D eigenvalue weighted by Crippen LogP contribution is 2.35. The smallest absolute Gasteiger partial charge is 0.229 e. The number of fused-ring (bicyclic) bond motifs is 1. The number of sulfonamides is 1. The molecule has 0 saturated carbocycles. The molecule has 1 atom stereocenters. The molecule has 0 heterocycles. The number of benzene rings is 2. The Morgan fingerprint density at radius 2 is 1.86 bits per heavy atom. The van der Waals surface area contributed by atoms with E-state index in [0.717, 1.165) is 6.26 Å². The molecule has 0 radical (unpaired) electrons. The zero-order chi connectivity index (χ0) is 16.5. The SMILES string of the molecule is CN(C)OS(=O)c1ccc2c(NS(C)(=O)=O)cccc2c1O. The van der Waals surface area contributed by atoms with E-state index in [1.54, 1.807) is 38.4 Å². The summed E-state index contributed by atoms with van der Waals surface area (Å²) in [6, 6.07) is 7.79. The number of rotatable bonds is 5. The van der Waals surface area contributed by atoms with E-state index in [-0.39, 0.29) is 10.6 Å². The molecular weight excluding hydrogens is 328 g/mol. The van der Waals surface area contributed by atoms with Crippen molar-refractivity contribution in [2.24, 2.45) is 0 Å². The number of hydroxylamine groups is 2. The molecule has 2 aromatic carbocycles. The van der Waals surface area contributed by atoms with Crippen LogP contribution in [-0.4, -0.2) is 43.1 Å². The number of hydrogen-bond donors (Lipinski definition) is 2. The minimum Gasteiger partial charge on any atom is -0.506 e. The molecule has 1 unspecified atom stereocenters. The van der Waals surface area contributed by atoms with Crippen molar-refractivity contribution in [1.82, 2.24) is 5.06 Å². The average Bonchev–Trinajstić information content (AvgIpc) is 2.37. The molecule has 0 aliphatic carbocycles. The molecule has 120 valence electrons. The van der Waals surface area contributed by atoms with Gasteiger partial charge in [0, 0.05) is 24.9 Å². The van der Waals surface area contributed by atoms with E-state index in [1.807, 2.05) is 0 Å². The Bertz CT molecular complexity index is 834. The quantitative estimate of drug-likeness (QED) is 0.797. The van der Waals surface area contributed by atoms with Crippen molar-refractivity contribution in [3.8, 4) is 5.75 Å². The maximum Gasteiger partial charge on any atom is 0.229 e. The van der Waals surface area contributed by atoms with Crippen molar-refractivity contribution in [3.63, 3.8) is 0 Å². The van der Waals surface area contributed by atoms with E-state index in [1.165, 1.54) is 11.1 Å². The highest BCUT2D eigenvalue weighted by Gasteiger charge is 2.16. The van der Waals surface area contributed by atoms with Gasteiger partial charge in [-0.1, -0.05) is 18.2 Å². The van der Waals surface area contributed by atoms with E-state index in [9.17, 15) is 17.7 Å². The maximum absolute atomic E-state index is 12.0. The molecule has 2 aromatic rings. The van der Waals surface area contributed by atoms with Gasteiger partial charge in [0.2, 0.25) is 21.1 Å². The first-order valence-electron chi connectivity index (χ1n) is 6.19. The fourth-order valence-electron chi connectivity index (χ4n) is 1.92. The van der Waals surface area contributed by atoms with Crippen LogP contribution >= 0.6 is 0 Å². The lowest BCUT2D eigenvalue weighted by molar-refractivity contribution is 0.0136. The van der Waals surface area contributed by atoms with Crippen LogP contribution in [0.15, 0.2) is 35.2 Å². The highest BCUT2D eigenvalue weighted by atomic mass is 32.2. The second-order valence-electron chi connectivity index (χ2n) is 4.81. The van der Waals surface area contributed by atoms with Crippen LogP contribution < -0.4 is 4.72 Å². The summed E-state index contributed by atoms with van der Waals surface area (Å²) in [7, 11) is -0.300. The second-order valence-corrected chi connectivity index (χ2v) is 7.62. The number of phenols is 1. The third kappa shape index (κ3) is 3.74. The van der Waals surface area contributed by atoms with Gasteiger partial charge in [-0.15, -0.1) is 0 Å². The summed E-state index contributed by atoms with van der Waals surface area (Å²) in [5.74, 6) is -0.213. The van der Waals surface area contributed by atoms with Crippen LogP contribution in [0.25, 0.3) is 10.8 Å². The fourth-order valence-corrected chi connectivity index (χ4v) is 3.30. The molecule has 22 heavy (non-hydrogen) atoms. The van der Waals surface area contributed by atoms with Gasteiger partial charge in [-0.05, 0) is 12.1 Å². The maximum atomic E-state index is 12.0. The standard InChI is InChI=1S/C13H16N2O5S2/c1-15(2)20-21(17)12-8-7-9-10(13(12)16)5-4-6-11(9)14-22(3,18)19/h4-8,14,16H,1-3H3. The molecule has 0 bridgehead atoms. The molecule has 0 aromatic heterocycles. The number of anilines is 1. The zero-order valence-electron chi connectivity index (χ0n) is 12.2. The Labute approximate surface area is 131 Å². The van der Waals surface area contributed by atoms with Crippen molar-refractivity contribution >= 4 is 37.6 Å². The van der Waals surface area contributed by atoms with Crippen molar-refractivity contribution in [1.29, 1.82) is 0 Å². The highest BCUT2D eigenvalue weighted by molar-refractivity contribution is 7.92. The first-order chi connectivity index (χ1) is 10.2. The van der Waals surface area contributed by atoms with Crippen LogP contribution in [0, 0.1) is 0 Å². The van der Waals surface area contributed by atoms with Crippen LogP contribution in [0.3, 0.4) is 0 Å². The minimum atomic E-state index is -3.45. The summed E-state index contributed by atoms with van der Waals surface area (Å²) in [5.41, 5.74) is 0.334. The van der Waals surface area contributed by atoms with Gasteiger partial charge in [-0.3, -0.25) is 4.72 Å². The number of hydrogen-bond acceptors (Lipinski definition) is 6. The van der Waals surface area contributed by atoms with Crippen LogP contribution in [0.2, 0.25) is 0 Å². The van der Waals surface area contributed by atoms with Gasteiger partial charge in [0.15, 0.2) is 0 Å². The van der Waals surface area contributed by atoms with Gasteiger partial charge in [0.1, 0.15) is 10.6 Å². The number of phenolic OH excluding ortho intramolecular Hbond substituents is 1. The lowest BCUT2D eigenvalue weighted by Gasteiger charge is -2.13. The van der Waals surface area contributed by atoms with Crippen LogP contribution in [0.4, 0.5) is 5.69 Å². The van der Waals surface area contributed by atoms with Gasteiger partial charge in [0.05, 0.1) is 11.9 Å². The zero-order valence-corrected chi connectivity index (χ0v) is 13.9. The lowest BCUT2D eigenvalue weighted by atomic mass is 10.1.